The van der Waals surface area contributed by atoms with Gasteiger partial charge in [-0.2, -0.15) is 0 Å². The molecule has 1 saturated heterocycles. The summed E-state index contributed by atoms with van der Waals surface area (Å²) >= 11 is 0. The summed E-state index contributed by atoms with van der Waals surface area (Å²) < 4.78 is 24.8. The van der Waals surface area contributed by atoms with E-state index in [0.717, 1.165) is 18.4 Å². The molecule has 9 nitrogen and oxygen atoms in total. The number of nitrogens with one attached hydrogen (secondary N) is 2. The molecular weight excluding hydrogens is 480 g/mol. The fourth-order valence-electron chi connectivity index (χ4n) is 5.74. The number of hydrogen-bond donors (Lipinski definition) is 3. The lowest BCUT2D eigenvalue weighted by Crippen LogP contribution is -2.45. The number of amides is 2. The molecule has 0 radical (unpaired) electrons. The van der Waals surface area contributed by atoms with Crippen LogP contribution in [0.25, 0.3) is 0 Å². The van der Waals surface area contributed by atoms with E-state index in [1.807, 2.05) is 29.2 Å². The number of likely N-dealkylation sites (tertiary alicyclic amines) is 1. The highest BCUT2D eigenvalue weighted by molar-refractivity contribution is 7.91. The summed E-state index contributed by atoms with van der Waals surface area (Å²) in [5, 5.41) is 12.2. The average Bonchev–Trinajstić information content (AvgIpc) is 3.56. The van der Waals surface area contributed by atoms with Crippen LogP contribution in [0.3, 0.4) is 0 Å². The van der Waals surface area contributed by atoms with E-state index < -0.39 is 21.7 Å². The van der Waals surface area contributed by atoms with E-state index in [1.165, 1.54) is 12.8 Å². The van der Waals surface area contributed by atoms with Gasteiger partial charge in [-0.05, 0) is 42.7 Å². The topological polar surface area (TPSA) is 119 Å². The van der Waals surface area contributed by atoms with Crippen LogP contribution >= 0.6 is 0 Å². The molecule has 0 unspecified atom stereocenters. The van der Waals surface area contributed by atoms with E-state index in [4.69, 9.17) is 0 Å². The van der Waals surface area contributed by atoms with Gasteiger partial charge in [0, 0.05) is 37.8 Å². The molecule has 2 aromatic carbocycles. The number of benzene rings is 2. The van der Waals surface area contributed by atoms with Crippen molar-refractivity contribution in [2.75, 3.05) is 30.3 Å². The van der Waals surface area contributed by atoms with Gasteiger partial charge in [0.25, 0.3) is 5.91 Å². The lowest BCUT2D eigenvalue weighted by Gasteiger charge is -2.31. The van der Waals surface area contributed by atoms with Crippen molar-refractivity contribution in [1.82, 2.24) is 15.7 Å². The quantitative estimate of drug-likeness (QED) is 0.400. The zero-order valence-electron chi connectivity index (χ0n) is 20.1. The third-order valence-corrected chi connectivity index (χ3v) is 9.45. The van der Waals surface area contributed by atoms with Crippen LogP contribution in [0.1, 0.15) is 41.6 Å². The second kappa shape index (κ2) is 10.2. The molecule has 36 heavy (non-hydrogen) atoms. The molecule has 10 heteroatoms. The highest BCUT2D eigenvalue weighted by Crippen LogP contribution is 2.32. The van der Waals surface area contributed by atoms with Gasteiger partial charge >= 0.3 is 0 Å². The SMILES string of the molecule is O=C(N[C@@H]1CN(C2CCCC2)C[C@@H]1C(=O)NO)c1ccc(CN2CCS(=O)(=O)c3ccccc32)cc1. The van der Waals surface area contributed by atoms with Crippen LogP contribution in [0.5, 0.6) is 0 Å². The minimum absolute atomic E-state index is 0.0757. The summed E-state index contributed by atoms with van der Waals surface area (Å²) in [5.41, 5.74) is 3.91. The number of fused-ring (bicyclic) bond motifs is 1. The van der Waals surface area contributed by atoms with Gasteiger partial charge in [-0.3, -0.25) is 19.7 Å². The van der Waals surface area contributed by atoms with Crippen LogP contribution in [0.2, 0.25) is 0 Å². The van der Waals surface area contributed by atoms with Gasteiger partial charge in [-0.1, -0.05) is 37.1 Å². The molecule has 3 aliphatic rings. The number of sulfone groups is 1. The first-order valence-electron chi connectivity index (χ1n) is 12.5. The highest BCUT2D eigenvalue weighted by atomic mass is 32.2. The minimum Gasteiger partial charge on any atom is -0.365 e. The molecule has 2 amide bonds. The minimum atomic E-state index is -3.26. The summed E-state index contributed by atoms with van der Waals surface area (Å²) in [5.74, 6) is -1.16. The molecule has 2 aromatic rings. The standard InChI is InChI=1S/C26H32N4O5S/c31-25(27-22-17-30(20-5-1-2-6-20)16-21(22)26(32)28-33)19-11-9-18(10-12-19)15-29-13-14-36(34,35)24-8-4-3-7-23(24)29/h3-4,7-12,20-22,33H,1-2,5-6,13-17H2,(H,27,31)(H,28,32)/t21-,22+/m0/s1. The van der Waals surface area contributed by atoms with Gasteiger partial charge in [0.1, 0.15) is 0 Å². The normalized spacial score (nSPS) is 23.9. The zero-order chi connectivity index (χ0) is 25.3. The van der Waals surface area contributed by atoms with Crippen LogP contribution in [-0.4, -0.2) is 67.8 Å². The second-order valence-electron chi connectivity index (χ2n) is 9.96. The van der Waals surface area contributed by atoms with Crippen LogP contribution in [0.15, 0.2) is 53.4 Å². The van der Waals surface area contributed by atoms with Gasteiger partial charge in [0.15, 0.2) is 9.84 Å². The summed E-state index contributed by atoms with van der Waals surface area (Å²) in [4.78, 5) is 30.0. The van der Waals surface area contributed by atoms with E-state index in [1.54, 1.807) is 29.7 Å². The van der Waals surface area contributed by atoms with Gasteiger partial charge in [0.2, 0.25) is 5.91 Å². The maximum atomic E-state index is 13.0. The molecule has 2 heterocycles. The number of anilines is 1. The number of carbonyl (C=O) groups excluding carboxylic acids is 2. The third kappa shape index (κ3) is 4.98. The Morgan fingerprint density at radius 2 is 1.72 bits per heavy atom. The van der Waals surface area contributed by atoms with Crippen LogP contribution in [0, 0.1) is 5.92 Å². The number of rotatable bonds is 6. The summed E-state index contributed by atoms with van der Waals surface area (Å²) in [7, 11) is -3.26. The predicted octanol–water partition coefficient (Wildman–Crippen LogP) is 1.96. The molecule has 0 spiro atoms. The van der Waals surface area contributed by atoms with Crippen molar-refractivity contribution >= 4 is 27.3 Å². The Kier molecular flexibility index (Phi) is 7.00. The van der Waals surface area contributed by atoms with Crippen molar-refractivity contribution in [1.29, 1.82) is 0 Å². The summed E-state index contributed by atoms with van der Waals surface area (Å²) in [6.07, 6.45) is 4.56. The molecule has 0 aromatic heterocycles. The molecule has 2 atom stereocenters. The zero-order valence-corrected chi connectivity index (χ0v) is 20.9. The van der Waals surface area contributed by atoms with E-state index in [-0.39, 0.29) is 17.7 Å². The summed E-state index contributed by atoms with van der Waals surface area (Å²) in [6, 6.07) is 14.3. The Morgan fingerprint density at radius 3 is 2.44 bits per heavy atom. The molecule has 192 valence electrons. The molecule has 2 aliphatic heterocycles. The van der Waals surface area contributed by atoms with Crippen LogP contribution < -0.4 is 15.7 Å². The smallest absolute Gasteiger partial charge is 0.251 e. The van der Waals surface area contributed by atoms with Crippen molar-refractivity contribution in [2.45, 2.75) is 49.2 Å². The number of nitrogens with zero attached hydrogens (tertiary/aromatic N) is 2. The second-order valence-corrected chi connectivity index (χ2v) is 12.0. The largest absolute Gasteiger partial charge is 0.365 e. The fraction of sp³-hybridized carbons (Fsp3) is 0.462. The Hall–Kier alpha value is -2.95. The monoisotopic (exact) mass is 512 g/mol. The maximum absolute atomic E-state index is 13.0. The average molecular weight is 513 g/mol. The molecular formula is C26H32N4O5S. The fourth-order valence-corrected chi connectivity index (χ4v) is 7.22. The van der Waals surface area contributed by atoms with Crippen molar-refractivity contribution in [3.05, 3.63) is 59.7 Å². The highest BCUT2D eigenvalue weighted by Gasteiger charge is 2.41. The maximum Gasteiger partial charge on any atom is 0.251 e. The third-order valence-electron chi connectivity index (χ3n) is 7.71. The number of para-hydroxylation sites is 1. The first-order chi connectivity index (χ1) is 17.4. The van der Waals surface area contributed by atoms with E-state index in [2.05, 4.69) is 10.2 Å². The van der Waals surface area contributed by atoms with Crippen LogP contribution in [0.4, 0.5) is 5.69 Å². The molecule has 5 rings (SSSR count). The van der Waals surface area contributed by atoms with Crippen molar-refractivity contribution in [3.63, 3.8) is 0 Å². The Balaban J connectivity index is 1.25. The van der Waals surface area contributed by atoms with E-state index in [9.17, 15) is 23.2 Å². The first kappa shape index (κ1) is 24.7. The Bertz CT molecular complexity index is 1230. The summed E-state index contributed by atoms with van der Waals surface area (Å²) in [6.45, 7) is 2.05. The molecule has 3 N–H and O–H groups in total. The van der Waals surface area contributed by atoms with Crippen molar-refractivity contribution in [2.24, 2.45) is 5.92 Å². The number of hydrogen-bond acceptors (Lipinski definition) is 7. The van der Waals surface area contributed by atoms with Gasteiger partial charge in [-0.15, -0.1) is 0 Å². The van der Waals surface area contributed by atoms with Gasteiger partial charge in [0.05, 0.1) is 28.3 Å². The van der Waals surface area contributed by atoms with Gasteiger partial charge in [-0.25, -0.2) is 13.9 Å². The number of carbonyl (C=O) groups is 2. The molecule has 1 aliphatic carbocycles. The van der Waals surface area contributed by atoms with E-state index in [0.29, 0.717) is 48.4 Å². The van der Waals surface area contributed by atoms with Gasteiger partial charge < -0.3 is 10.2 Å². The Labute approximate surface area is 211 Å². The van der Waals surface area contributed by atoms with Crippen molar-refractivity contribution < 1.29 is 23.2 Å². The number of hydroxylamine groups is 1. The lowest BCUT2D eigenvalue weighted by atomic mass is 10.0. The molecule has 2 fully saturated rings. The predicted molar refractivity (Wildman–Crippen MR) is 134 cm³/mol. The molecule has 0 bridgehead atoms. The van der Waals surface area contributed by atoms with E-state index >= 15 is 0 Å². The van der Waals surface area contributed by atoms with Crippen LogP contribution in [-0.2, 0) is 21.2 Å². The lowest BCUT2D eigenvalue weighted by molar-refractivity contribution is -0.133. The molecule has 1 saturated carbocycles. The van der Waals surface area contributed by atoms with Crippen molar-refractivity contribution in [3.8, 4) is 0 Å². The Morgan fingerprint density at radius 1 is 1.00 bits per heavy atom. The first-order valence-corrected chi connectivity index (χ1v) is 14.2.